The van der Waals surface area contributed by atoms with E-state index in [1.807, 2.05) is 19.1 Å². The van der Waals surface area contributed by atoms with E-state index < -0.39 is 0 Å². The Hall–Kier alpha value is -0.790. The number of ether oxygens (including phenoxy) is 1. The minimum absolute atomic E-state index is 0.0255. The molecule has 0 saturated heterocycles. The van der Waals surface area contributed by atoms with Crippen molar-refractivity contribution in [2.45, 2.75) is 39.7 Å². The first-order chi connectivity index (χ1) is 5.20. The van der Waals surface area contributed by atoms with Gasteiger partial charge in [0.1, 0.15) is 6.10 Å². The van der Waals surface area contributed by atoms with Crippen molar-refractivity contribution in [1.29, 1.82) is 0 Å². The molecule has 0 saturated carbocycles. The third-order valence-corrected chi connectivity index (χ3v) is 1.30. The lowest BCUT2D eigenvalue weighted by Gasteiger charge is -2.10. The quantitative estimate of drug-likeness (QED) is 0.461. The summed E-state index contributed by atoms with van der Waals surface area (Å²) in [6.45, 7) is 5.43. The van der Waals surface area contributed by atoms with Gasteiger partial charge in [-0.1, -0.05) is 19.4 Å². The molecule has 0 aromatic carbocycles. The monoisotopic (exact) mass is 156 g/mol. The molecule has 0 spiro atoms. The van der Waals surface area contributed by atoms with E-state index in [0.717, 1.165) is 12.8 Å². The fourth-order valence-corrected chi connectivity index (χ4v) is 0.907. The van der Waals surface area contributed by atoms with E-state index in [-0.39, 0.29) is 12.1 Å². The van der Waals surface area contributed by atoms with Crippen molar-refractivity contribution in [1.82, 2.24) is 0 Å². The van der Waals surface area contributed by atoms with E-state index >= 15 is 0 Å². The second kappa shape index (κ2) is 5.96. The number of hydrogen-bond donors (Lipinski definition) is 0. The van der Waals surface area contributed by atoms with Gasteiger partial charge >= 0.3 is 5.97 Å². The smallest absolute Gasteiger partial charge is 0.303 e. The summed E-state index contributed by atoms with van der Waals surface area (Å²) >= 11 is 0. The zero-order chi connectivity index (χ0) is 8.69. The van der Waals surface area contributed by atoms with Gasteiger partial charge in [-0.05, 0) is 19.4 Å². The number of carbonyl (C=O) groups excluding carboxylic acids is 1. The Morgan fingerprint density at radius 1 is 1.64 bits per heavy atom. The van der Waals surface area contributed by atoms with Crippen LogP contribution in [0.15, 0.2) is 12.2 Å². The molecule has 2 heteroatoms. The van der Waals surface area contributed by atoms with E-state index in [2.05, 4.69) is 6.92 Å². The molecule has 0 heterocycles. The Kier molecular flexibility index (Phi) is 5.53. The molecule has 0 aliphatic carbocycles. The zero-order valence-corrected chi connectivity index (χ0v) is 7.46. The molecular weight excluding hydrogens is 140 g/mol. The molecule has 64 valence electrons. The van der Waals surface area contributed by atoms with Crippen LogP contribution in [-0.2, 0) is 9.53 Å². The highest BCUT2D eigenvalue weighted by Crippen LogP contribution is 2.03. The normalized spacial score (nSPS) is 13.4. The molecule has 2 nitrogen and oxygen atoms in total. The van der Waals surface area contributed by atoms with Crippen LogP contribution >= 0.6 is 0 Å². The lowest BCUT2D eigenvalue weighted by Crippen LogP contribution is -2.12. The summed E-state index contributed by atoms with van der Waals surface area (Å²) in [5.41, 5.74) is 0. The molecule has 0 N–H and O–H groups in total. The molecular formula is C9H16O2. The zero-order valence-electron chi connectivity index (χ0n) is 7.46. The van der Waals surface area contributed by atoms with E-state index in [1.54, 1.807) is 0 Å². The van der Waals surface area contributed by atoms with Crippen LogP contribution in [0, 0.1) is 0 Å². The van der Waals surface area contributed by atoms with Crippen molar-refractivity contribution in [2.24, 2.45) is 0 Å². The molecule has 0 radical (unpaired) electrons. The predicted octanol–water partition coefficient (Wildman–Crippen LogP) is 2.29. The predicted molar refractivity (Wildman–Crippen MR) is 45.3 cm³/mol. The topological polar surface area (TPSA) is 26.3 Å². The van der Waals surface area contributed by atoms with E-state index in [9.17, 15) is 4.79 Å². The largest absolute Gasteiger partial charge is 0.458 e. The fourth-order valence-electron chi connectivity index (χ4n) is 0.907. The van der Waals surface area contributed by atoms with Crippen LogP contribution < -0.4 is 0 Å². The van der Waals surface area contributed by atoms with Gasteiger partial charge in [0.15, 0.2) is 0 Å². The first-order valence-electron chi connectivity index (χ1n) is 4.00. The highest BCUT2D eigenvalue weighted by Gasteiger charge is 2.04. The summed E-state index contributed by atoms with van der Waals surface area (Å²) in [5, 5.41) is 0. The van der Waals surface area contributed by atoms with Crippen LogP contribution in [0.1, 0.15) is 33.6 Å². The highest BCUT2D eigenvalue weighted by atomic mass is 16.5. The van der Waals surface area contributed by atoms with E-state index in [4.69, 9.17) is 4.74 Å². The summed E-state index contributed by atoms with van der Waals surface area (Å²) in [5.74, 6) is -0.207. The van der Waals surface area contributed by atoms with Crippen molar-refractivity contribution in [2.75, 3.05) is 0 Å². The summed E-state index contributed by atoms with van der Waals surface area (Å²) < 4.78 is 5.01. The SMILES string of the molecule is C/C=C/[C@@H](CCC)OC(C)=O. The maximum Gasteiger partial charge on any atom is 0.303 e. The Morgan fingerprint density at radius 3 is 2.64 bits per heavy atom. The molecule has 0 unspecified atom stereocenters. The van der Waals surface area contributed by atoms with Gasteiger partial charge in [-0.2, -0.15) is 0 Å². The van der Waals surface area contributed by atoms with Crippen LogP contribution in [0.5, 0.6) is 0 Å². The summed E-state index contributed by atoms with van der Waals surface area (Å²) in [4.78, 5) is 10.5. The van der Waals surface area contributed by atoms with Crippen molar-refractivity contribution >= 4 is 5.97 Å². The Balaban J connectivity index is 3.78. The highest BCUT2D eigenvalue weighted by molar-refractivity contribution is 5.66. The van der Waals surface area contributed by atoms with Gasteiger partial charge in [-0.3, -0.25) is 4.79 Å². The Morgan fingerprint density at radius 2 is 2.27 bits per heavy atom. The molecule has 0 amide bonds. The lowest BCUT2D eigenvalue weighted by molar-refractivity contribution is -0.144. The summed E-state index contributed by atoms with van der Waals surface area (Å²) in [7, 11) is 0. The van der Waals surface area contributed by atoms with Gasteiger partial charge in [0.25, 0.3) is 0 Å². The number of carbonyl (C=O) groups is 1. The van der Waals surface area contributed by atoms with Crippen LogP contribution in [0.2, 0.25) is 0 Å². The van der Waals surface area contributed by atoms with Gasteiger partial charge in [-0.25, -0.2) is 0 Å². The molecule has 0 rings (SSSR count). The van der Waals surface area contributed by atoms with Crippen LogP contribution in [0.25, 0.3) is 0 Å². The average Bonchev–Trinajstić information content (AvgIpc) is 1.87. The van der Waals surface area contributed by atoms with Crippen molar-refractivity contribution in [3.63, 3.8) is 0 Å². The van der Waals surface area contributed by atoms with Crippen molar-refractivity contribution < 1.29 is 9.53 Å². The van der Waals surface area contributed by atoms with Gasteiger partial charge in [-0.15, -0.1) is 0 Å². The van der Waals surface area contributed by atoms with Crippen LogP contribution in [0.4, 0.5) is 0 Å². The van der Waals surface area contributed by atoms with Crippen molar-refractivity contribution in [3.8, 4) is 0 Å². The first kappa shape index (κ1) is 10.2. The maximum absolute atomic E-state index is 10.5. The third kappa shape index (κ3) is 5.64. The second-order valence-corrected chi connectivity index (χ2v) is 2.46. The number of allylic oxidation sites excluding steroid dienone is 1. The molecule has 0 aromatic rings. The maximum atomic E-state index is 10.5. The van der Waals surface area contributed by atoms with Gasteiger partial charge in [0.2, 0.25) is 0 Å². The summed E-state index contributed by atoms with van der Waals surface area (Å²) in [6, 6.07) is 0. The van der Waals surface area contributed by atoms with Gasteiger partial charge in [0.05, 0.1) is 0 Å². The molecule has 0 fully saturated rings. The molecule has 1 atom stereocenters. The fraction of sp³-hybridized carbons (Fsp3) is 0.667. The van der Waals surface area contributed by atoms with Crippen LogP contribution in [-0.4, -0.2) is 12.1 Å². The van der Waals surface area contributed by atoms with Gasteiger partial charge < -0.3 is 4.74 Å². The molecule has 11 heavy (non-hydrogen) atoms. The lowest BCUT2D eigenvalue weighted by atomic mass is 10.2. The molecule has 0 aliphatic rings. The number of rotatable bonds is 4. The second-order valence-electron chi connectivity index (χ2n) is 2.46. The van der Waals surface area contributed by atoms with Crippen LogP contribution in [0.3, 0.4) is 0 Å². The third-order valence-electron chi connectivity index (χ3n) is 1.30. The van der Waals surface area contributed by atoms with Crippen molar-refractivity contribution in [3.05, 3.63) is 12.2 Å². The molecule has 0 aliphatic heterocycles. The number of esters is 1. The summed E-state index contributed by atoms with van der Waals surface area (Å²) in [6.07, 6.45) is 5.72. The Bertz CT molecular complexity index is 138. The van der Waals surface area contributed by atoms with E-state index in [0.29, 0.717) is 0 Å². The van der Waals surface area contributed by atoms with Gasteiger partial charge in [0, 0.05) is 6.92 Å². The first-order valence-corrected chi connectivity index (χ1v) is 4.00. The minimum Gasteiger partial charge on any atom is -0.458 e. The molecule has 0 aromatic heterocycles. The Labute approximate surface area is 68.2 Å². The standard InChI is InChI=1S/C9H16O2/c1-4-6-9(7-5-2)11-8(3)10/h4,6,9H,5,7H2,1-3H3/b6-4+/t9-/m0/s1. The molecule has 0 bridgehead atoms. The van der Waals surface area contributed by atoms with E-state index in [1.165, 1.54) is 6.92 Å². The average molecular weight is 156 g/mol. The minimum atomic E-state index is -0.207. The number of hydrogen-bond acceptors (Lipinski definition) is 2.